The van der Waals surface area contributed by atoms with Crippen LogP contribution in [0.5, 0.6) is 0 Å². The maximum atomic E-state index is 12.1. The number of likely N-dealkylation sites (tertiary alicyclic amines) is 1. The minimum Gasteiger partial charge on any atom is -0.335 e. The van der Waals surface area contributed by atoms with E-state index in [0.717, 1.165) is 37.2 Å². The molecule has 3 N–H and O–H groups in total. The lowest BCUT2D eigenvalue weighted by Gasteiger charge is -2.30. The molecule has 1 saturated heterocycles. The van der Waals surface area contributed by atoms with Crippen LogP contribution in [0, 0.1) is 0 Å². The molecule has 0 bridgehead atoms. The average Bonchev–Trinajstić information content (AvgIpc) is 2.49. The Morgan fingerprint density at radius 2 is 1.96 bits per heavy atom. The molecule has 1 aliphatic heterocycles. The molecule has 1 aromatic rings. The number of anilines is 1. The minimum absolute atomic E-state index is 0.109. The molecule has 1 fully saturated rings. The van der Waals surface area contributed by atoms with Crippen molar-refractivity contribution < 1.29 is 9.59 Å². The molecule has 2 rings (SSSR count). The maximum absolute atomic E-state index is 12.1. The van der Waals surface area contributed by atoms with E-state index in [9.17, 15) is 9.59 Å². The highest BCUT2D eigenvalue weighted by atomic mass is 16.2. The van der Waals surface area contributed by atoms with Crippen LogP contribution in [0.1, 0.15) is 38.3 Å². The van der Waals surface area contributed by atoms with E-state index in [-0.39, 0.29) is 24.0 Å². The van der Waals surface area contributed by atoms with Crippen molar-refractivity contribution in [2.45, 2.75) is 38.8 Å². The molecule has 0 aliphatic carbocycles. The summed E-state index contributed by atoms with van der Waals surface area (Å²) in [6.45, 7) is 5.43. The molecule has 0 saturated carbocycles. The van der Waals surface area contributed by atoms with Gasteiger partial charge in [0, 0.05) is 18.7 Å². The number of amides is 3. The fourth-order valence-corrected chi connectivity index (χ4v) is 2.75. The van der Waals surface area contributed by atoms with Crippen molar-refractivity contribution in [3.05, 3.63) is 29.8 Å². The van der Waals surface area contributed by atoms with E-state index in [1.54, 1.807) is 0 Å². The Labute approximate surface area is 137 Å². The molecule has 0 aromatic heterocycles. The molecule has 0 radical (unpaired) electrons. The lowest BCUT2D eigenvalue weighted by atomic mass is 10.1. The van der Waals surface area contributed by atoms with Crippen LogP contribution in [-0.2, 0) is 4.79 Å². The molecular formula is C17H26N4O2. The lowest BCUT2D eigenvalue weighted by Crippen LogP contribution is -2.47. The molecular weight excluding hydrogens is 292 g/mol. The van der Waals surface area contributed by atoms with Crippen molar-refractivity contribution in [3.63, 3.8) is 0 Å². The van der Waals surface area contributed by atoms with Gasteiger partial charge in [0.05, 0.1) is 6.04 Å². The first kappa shape index (κ1) is 17.3. The molecule has 126 valence electrons. The average molecular weight is 318 g/mol. The van der Waals surface area contributed by atoms with Gasteiger partial charge in [0.25, 0.3) is 0 Å². The van der Waals surface area contributed by atoms with Gasteiger partial charge >= 0.3 is 6.03 Å². The minimum atomic E-state index is -0.142. The Hall–Kier alpha value is -2.08. The van der Waals surface area contributed by atoms with Crippen LogP contribution in [-0.4, -0.2) is 43.0 Å². The number of hydrogen-bond donors (Lipinski definition) is 3. The van der Waals surface area contributed by atoms with E-state index >= 15 is 0 Å². The third-order valence-electron chi connectivity index (χ3n) is 4.11. The van der Waals surface area contributed by atoms with E-state index in [1.165, 1.54) is 6.92 Å². The summed E-state index contributed by atoms with van der Waals surface area (Å²) in [5.74, 6) is -0.109. The Morgan fingerprint density at radius 1 is 1.26 bits per heavy atom. The van der Waals surface area contributed by atoms with Crippen LogP contribution >= 0.6 is 0 Å². The van der Waals surface area contributed by atoms with Gasteiger partial charge in [-0.25, -0.2) is 4.79 Å². The molecule has 1 aromatic carbocycles. The van der Waals surface area contributed by atoms with E-state index < -0.39 is 0 Å². The van der Waals surface area contributed by atoms with Crippen LogP contribution in [0.4, 0.5) is 10.5 Å². The number of rotatable bonds is 4. The van der Waals surface area contributed by atoms with Crippen molar-refractivity contribution in [1.82, 2.24) is 15.5 Å². The van der Waals surface area contributed by atoms with Gasteiger partial charge in [-0.15, -0.1) is 0 Å². The van der Waals surface area contributed by atoms with Crippen molar-refractivity contribution in [2.24, 2.45) is 0 Å². The Morgan fingerprint density at radius 3 is 2.61 bits per heavy atom. The van der Waals surface area contributed by atoms with Crippen molar-refractivity contribution in [2.75, 3.05) is 25.5 Å². The molecule has 1 unspecified atom stereocenters. The fraction of sp³-hybridized carbons (Fsp3) is 0.529. The molecule has 3 amide bonds. The number of hydrogen-bond acceptors (Lipinski definition) is 3. The quantitative estimate of drug-likeness (QED) is 0.796. The summed E-state index contributed by atoms with van der Waals surface area (Å²) in [6.07, 6.45) is 1.96. The summed E-state index contributed by atoms with van der Waals surface area (Å²) in [6, 6.07) is 7.48. The number of carbonyl (C=O) groups is 2. The third kappa shape index (κ3) is 5.56. The third-order valence-corrected chi connectivity index (χ3v) is 4.11. The highest BCUT2D eigenvalue weighted by molar-refractivity contribution is 5.88. The first-order valence-corrected chi connectivity index (χ1v) is 8.07. The van der Waals surface area contributed by atoms with Gasteiger partial charge in [-0.05, 0) is 57.6 Å². The summed E-state index contributed by atoms with van der Waals surface area (Å²) < 4.78 is 0. The van der Waals surface area contributed by atoms with E-state index in [0.29, 0.717) is 0 Å². The normalized spacial score (nSPS) is 17.3. The molecule has 0 spiro atoms. The van der Waals surface area contributed by atoms with Crippen molar-refractivity contribution in [3.8, 4) is 0 Å². The first-order chi connectivity index (χ1) is 10.9. The van der Waals surface area contributed by atoms with Crippen LogP contribution < -0.4 is 16.0 Å². The van der Waals surface area contributed by atoms with Gasteiger partial charge < -0.3 is 20.9 Å². The second-order valence-electron chi connectivity index (χ2n) is 6.22. The lowest BCUT2D eigenvalue weighted by molar-refractivity contribution is -0.114. The number of urea groups is 1. The Balaban J connectivity index is 1.87. The SMILES string of the molecule is CC(=O)Nc1cccc(C(C)NC(=O)NC2CCN(C)CC2)c1. The second-order valence-corrected chi connectivity index (χ2v) is 6.22. The number of nitrogens with zero attached hydrogens (tertiary/aromatic N) is 1. The van der Waals surface area contributed by atoms with E-state index in [1.807, 2.05) is 31.2 Å². The summed E-state index contributed by atoms with van der Waals surface area (Å²) in [7, 11) is 2.10. The summed E-state index contributed by atoms with van der Waals surface area (Å²) >= 11 is 0. The largest absolute Gasteiger partial charge is 0.335 e. The van der Waals surface area contributed by atoms with Gasteiger partial charge in [-0.2, -0.15) is 0 Å². The second kappa shape index (κ2) is 7.97. The zero-order chi connectivity index (χ0) is 16.8. The summed E-state index contributed by atoms with van der Waals surface area (Å²) in [5, 5.41) is 8.75. The molecule has 1 aliphatic rings. The predicted octanol–water partition coefficient (Wildman–Crippen LogP) is 2.10. The molecule has 6 heteroatoms. The zero-order valence-electron chi connectivity index (χ0n) is 14.1. The molecule has 23 heavy (non-hydrogen) atoms. The van der Waals surface area contributed by atoms with Crippen molar-refractivity contribution >= 4 is 17.6 Å². The van der Waals surface area contributed by atoms with Crippen LogP contribution in [0.2, 0.25) is 0 Å². The number of carbonyl (C=O) groups excluding carboxylic acids is 2. The summed E-state index contributed by atoms with van der Waals surface area (Å²) in [4.78, 5) is 25.5. The monoisotopic (exact) mass is 318 g/mol. The van der Waals surface area contributed by atoms with Crippen molar-refractivity contribution in [1.29, 1.82) is 0 Å². The number of piperidine rings is 1. The van der Waals surface area contributed by atoms with Gasteiger partial charge in [0.1, 0.15) is 0 Å². The standard InChI is InChI=1S/C17H26N4O2/c1-12(14-5-4-6-16(11-14)19-13(2)22)18-17(23)20-15-7-9-21(3)10-8-15/h4-6,11-12,15H,7-10H2,1-3H3,(H,19,22)(H2,18,20,23). The first-order valence-electron chi connectivity index (χ1n) is 8.07. The maximum Gasteiger partial charge on any atom is 0.315 e. The number of nitrogens with one attached hydrogen (secondary N) is 3. The molecule has 6 nitrogen and oxygen atoms in total. The molecule has 1 heterocycles. The Kier molecular flexibility index (Phi) is 5.98. The molecule has 1 atom stereocenters. The highest BCUT2D eigenvalue weighted by Crippen LogP contribution is 2.17. The van der Waals surface area contributed by atoms with Gasteiger partial charge in [0.15, 0.2) is 0 Å². The number of benzene rings is 1. The summed E-state index contributed by atoms with van der Waals surface area (Å²) in [5.41, 5.74) is 1.69. The topological polar surface area (TPSA) is 73.5 Å². The van der Waals surface area contributed by atoms with Crippen LogP contribution in [0.3, 0.4) is 0 Å². The van der Waals surface area contributed by atoms with E-state index in [2.05, 4.69) is 27.9 Å². The van der Waals surface area contributed by atoms with Gasteiger partial charge in [-0.1, -0.05) is 12.1 Å². The van der Waals surface area contributed by atoms with Crippen LogP contribution in [0.25, 0.3) is 0 Å². The van der Waals surface area contributed by atoms with E-state index in [4.69, 9.17) is 0 Å². The fourth-order valence-electron chi connectivity index (χ4n) is 2.75. The predicted molar refractivity (Wildman–Crippen MR) is 91.3 cm³/mol. The van der Waals surface area contributed by atoms with Gasteiger partial charge in [-0.3, -0.25) is 4.79 Å². The van der Waals surface area contributed by atoms with Gasteiger partial charge in [0.2, 0.25) is 5.91 Å². The Bertz CT molecular complexity index is 553. The van der Waals surface area contributed by atoms with Crippen LogP contribution in [0.15, 0.2) is 24.3 Å². The highest BCUT2D eigenvalue weighted by Gasteiger charge is 2.19. The smallest absolute Gasteiger partial charge is 0.315 e. The zero-order valence-corrected chi connectivity index (χ0v) is 14.1.